The second kappa shape index (κ2) is 8.09. The van der Waals surface area contributed by atoms with Gasteiger partial charge in [0.2, 0.25) is 5.91 Å². The molecule has 112 valence electrons. The van der Waals surface area contributed by atoms with Crippen molar-refractivity contribution in [2.75, 3.05) is 25.6 Å². The first-order chi connectivity index (χ1) is 9.20. The first-order valence-electron chi connectivity index (χ1n) is 6.48. The van der Waals surface area contributed by atoms with Gasteiger partial charge in [0.25, 0.3) is 0 Å². The van der Waals surface area contributed by atoms with Crippen molar-refractivity contribution in [2.24, 2.45) is 11.7 Å². The van der Waals surface area contributed by atoms with E-state index in [-0.39, 0.29) is 24.9 Å². The van der Waals surface area contributed by atoms with E-state index in [9.17, 15) is 4.79 Å². The summed E-state index contributed by atoms with van der Waals surface area (Å²) in [4.78, 5) is 11.8. The molecular weight excluding hydrogens is 280 g/mol. The van der Waals surface area contributed by atoms with E-state index in [0.29, 0.717) is 24.0 Å². The molecule has 1 aliphatic carbocycles. The summed E-state index contributed by atoms with van der Waals surface area (Å²) >= 11 is 0. The number of carbonyl (C=O) groups excluding carboxylic acids is 1. The van der Waals surface area contributed by atoms with Crippen LogP contribution in [0.25, 0.3) is 0 Å². The molecule has 0 bridgehead atoms. The molecule has 0 aliphatic heterocycles. The van der Waals surface area contributed by atoms with E-state index in [1.165, 1.54) is 20.0 Å². The van der Waals surface area contributed by atoms with Crippen LogP contribution in [0.3, 0.4) is 0 Å². The van der Waals surface area contributed by atoms with Crippen LogP contribution in [0.5, 0.6) is 5.75 Å². The number of methoxy groups -OCH3 is 1. The molecule has 1 atom stereocenters. The molecule has 0 spiro atoms. The lowest BCUT2D eigenvalue weighted by atomic mass is 10.2. The third-order valence-corrected chi connectivity index (χ3v) is 3.00. The number of anilines is 1. The van der Waals surface area contributed by atoms with Crippen molar-refractivity contribution in [3.05, 3.63) is 24.3 Å². The van der Waals surface area contributed by atoms with E-state index < -0.39 is 6.04 Å². The Balaban J connectivity index is 0.00000200. The molecule has 3 N–H and O–H groups in total. The van der Waals surface area contributed by atoms with Crippen LogP contribution in [-0.4, -0.2) is 32.3 Å². The predicted molar refractivity (Wildman–Crippen MR) is 80.4 cm³/mol. The minimum atomic E-state index is -0.679. The normalized spacial score (nSPS) is 15.1. The second-order valence-electron chi connectivity index (χ2n) is 4.80. The zero-order valence-corrected chi connectivity index (χ0v) is 12.3. The maximum atomic E-state index is 11.8. The molecule has 1 aliphatic rings. The summed E-state index contributed by atoms with van der Waals surface area (Å²) in [7, 11) is 1.51. The number of para-hydroxylation sites is 2. The Morgan fingerprint density at radius 2 is 2.15 bits per heavy atom. The zero-order valence-electron chi connectivity index (χ0n) is 11.5. The van der Waals surface area contributed by atoms with Gasteiger partial charge in [-0.2, -0.15) is 0 Å². The van der Waals surface area contributed by atoms with Gasteiger partial charge in [-0.25, -0.2) is 0 Å². The Bertz CT molecular complexity index is 438. The van der Waals surface area contributed by atoms with Crippen molar-refractivity contribution in [1.82, 2.24) is 0 Å². The summed E-state index contributed by atoms with van der Waals surface area (Å²) in [5, 5.41) is 2.77. The Labute approximate surface area is 125 Å². The molecule has 1 aromatic rings. The smallest absolute Gasteiger partial charge is 0.243 e. The molecular formula is C14H21ClN2O3. The molecule has 1 unspecified atom stereocenters. The van der Waals surface area contributed by atoms with Crippen molar-refractivity contribution in [3.63, 3.8) is 0 Å². The molecule has 20 heavy (non-hydrogen) atoms. The van der Waals surface area contributed by atoms with E-state index in [0.717, 1.165) is 0 Å². The van der Waals surface area contributed by atoms with Gasteiger partial charge in [0.1, 0.15) is 11.8 Å². The topological polar surface area (TPSA) is 73.6 Å². The third kappa shape index (κ3) is 5.00. The SMILES string of the molecule is COCC(N)C(=O)Nc1ccccc1OCC1CC1.Cl. The molecule has 1 aromatic carbocycles. The van der Waals surface area contributed by atoms with Gasteiger partial charge < -0.3 is 20.5 Å². The molecule has 2 rings (SSSR count). The highest BCUT2D eigenvalue weighted by Gasteiger charge is 2.22. The van der Waals surface area contributed by atoms with E-state index in [1.54, 1.807) is 6.07 Å². The van der Waals surface area contributed by atoms with Crippen LogP contribution in [0, 0.1) is 5.92 Å². The summed E-state index contributed by atoms with van der Waals surface area (Å²) < 4.78 is 10.6. The lowest BCUT2D eigenvalue weighted by molar-refractivity contribution is -0.118. The lowest BCUT2D eigenvalue weighted by Gasteiger charge is -2.14. The van der Waals surface area contributed by atoms with Crippen molar-refractivity contribution in [3.8, 4) is 5.75 Å². The molecule has 5 nitrogen and oxygen atoms in total. The number of hydrogen-bond donors (Lipinski definition) is 2. The Hall–Kier alpha value is -1.30. The number of halogens is 1. The highest BCUT2D eigenvalue weighted by molar-refractivity contribution is 5.96. The number of benzene rings is 1. The molecule has 1 amide bonds. The molecule has 0 radical (unpaired) electrons. The monoisotopic (exact) mass is 300 g/mol. The minimum absolute atomic E-state index is 0. The summed E-state index contributed by atoms with van der Waals surface area (Å²) in [5.74, 6) is 1.08. The van der Waals surface area contributed by atoms with Crippen LogP contribution >= 0.6 is 12.4 Å². The number of rotatable bonds is 7. The first kappa shape index (κ1) is 16.8. The van der Waals surface area contributed by atoms with Crippen molar-refractivity contribution in [2.45, 2.75) is 18.9 Å². The largest absolute Gasteiger partial charge is 0.491 e. The molecule has 1 fully saturated rings. The fraction of sp³-hybridized carbons (Fsp3) is 0.500. The second-order valence-corrected chi connectivity index (χ2v) is 4.80. The van der Waals surface area contributed by atoms with Gasteiger partial charge in [-0.3, -0.25) is 4.79 Å². The van der Waals surface area contributed by atoms with Crippen molar-refractivity contribution < 1.29 is 14.3 Å². The van der Waals surface area contributed by atoms with Crippen LogP contribution in [0.2, 0.25) is 0 Å². The fourth-order valence-electron chi connectivity index (χ4n) is 1.67. The highest BCUT2D eigenvalue weighted by Crippen LogP contribution is 2.31. The molecule has 0 heterocycles. The van der Waals surface area contributed by atoms with Gasteiger partial charge >= 0.3 is 0 Å². The average Bonchev–Trinajstić information content (AvgIpc) is 3.22. The molecule has 0 saturated heterocycles. The zero-order chi connectivity index (χ0) is 13.7. The average molecular weight is 301 g/mol. The van der Waals surface area contributed by atoms with E-state index in [1.807, 2.05) is 18.2 Å². The number of hydrogen-bond acceptors (Lipinski definition) is 4. The van der Waals surface area contributed by atoms with E-state index >= 15 is 0 Å². The highest BCUT2D eigenvalue weighted by atomic mass is 35.5. The van der Waals surface area contributed by atoms with Crippen LogP contribution < -0.4 is 15.8 Å². The minimum Gasteiger partial charge on any atom is -0.491 e. The third-order valence-electron chi connectivity index (χ3n) is 3.00. The maximum absolute atomic E-state index is 11.8. The number of carbonyl (C=O) groups is 1. The Kier molecular flexibility index (Phi) is 6.78. The number of nitrogens with one attached hydrogen (secondary N) is 1. The molecule has 0 aromatic heterocycles. The summed E-state index contributed by atoms with van der Waals surface area (Å²) in [6, 6.07) is 6.70. The van der Waals surface area contributed by atoms with Crippen LogP contribution in [-0.2, 0) is 9.53 Å². The standard InChI is InChI=1S/C14H20N2O3.ClH/c1-18-9-11(15)14(17)16-12-4-2-3-5-13(12)19-8-10-6-7-10;/h2-5,10-11H,6-9,15H2,1H3,(H,16,17);1H. The molecule has 6 heteroatoms. The summed E-state index contributed by atoms with van der Waals surface area (Å²) in [6.45, 7) is 0.897. The van der Waals surface area contributed by atoms with Gasteiger partial charge in [0, 0.05) is 7.11 Å². The van der Waals surface area contributed by atoms with Crippen LogP contribution in [0.1, 0.15) is 12.8 Å². The lowest BCUT2D eigenvalue weighted by Crippen LogP contribution is -2.39. The van der Waals surface area contributed by atoms with Crippen LogP contribution in [0.15, 0.2) is 24.3 Å². The van der Waals surface area contributed by atoms with Gasteiger partial charge in [0.15, 0.2) is 0 Å². The predicted octanol–water partition coefficient (Wildman–Crippen LogP) is 1.81. The number of amides is 1. The number of ether oxygens (including phenoxy) is 2. The first-order valence-corrected chi connectivity index (χ1v) is 6.48. The van der Waals surface area contributed by atoms with E-state index in [4.69, 9.17) is 15.2 Å². The number of nitrogens with two attached hydrogens (primary N) is 1. The van der Waals surface area contributed by atoms with Gasteiger partial charge in [-0.1, -0.05) is 12.1 Å². The Morgan fingerprint density at radius 3 is 2.80 bits per heavy atom. The summed E-state index contributed by atoms with van der Waals surface area (Å²) in [6.07, 6.45) is 2.46. The van der Waals surface area contributed by atoms with Crippen molar-refractivity contribution in [1.29, 1.82) is 0 Å². The van der Waals surface area contributed by atoms with Gasteiger partial charge in [0.05, 0.1) is 18.9 Å². The van der Waals surface area contributed by atoms with Gasteiger partial charge in [-0.15, -0.1) is 12.4 Å². The quantitative estimate of drug-likeness (QED) is 0.805. The fourth-order valence-corrected chi connectivity index (χ4v) is 1.67. The van der Waals surface area contributed by atoms with Gasteiger partial charge in [-0.05, 0) is 30.9 Å². The maximum Gasteiger partial charge on any atom is 0.243 e. The summed E-state index contributed by atoms with van der Waals surface area (Å²) in [5.41, 5.74) is 6.33. The van der Waals surface area contributed by atoms with Crippen LogP contribution in [0.4, 0.5) is 5.69 Å². The van der Waals surface area contributed by atoms with Crippen molar-refractivity contribution >= 4 is 24.0 Å². The van der Waals surface area contributed by atoms with E-state index in [2.05, 4.69) is 5.32 Å². The Morgan fingerprint density at radius 1 is 1.45 bits per heavy atom. The molecule has 1 saturated carbocycles.